The monoisotopic (exact) mass is 187 g/mol. The van der Waals surface area contributed by atoms with Crippen LogP contribution in [0.25, 0.3) is 0 Å². The summed E-state index contributed by atoms with van der Waals surface area (Å²) in [5.74, 6) is 5.66. The van der Waals surface area contributed by atoms with Gasteiger partial charge in [-0.15, -0.1) is 0 Å². The molecule has 0 bridgehead atoms. The van der Waals surface area contributed by atoms with E-state index in [2.05, 4.69) is 12.3 Å². The van der Waals surface area contributed by atoms with Crippen LogP contribution in [0, 0.1) is 11.8 Å². The molecule has 1 heterocycles. The number of carbonyl (C=O) groups is 1. The van der Waals surface area contributed by atoms with Crippen molar-refractivity contribution in [1.29, 1.82) is 0 Å². The number of aliphatic hydroxyl groups is 1. The second-order valence-electron chi connectivity index (χ2n) is 3.74. The maximum Gasteiger partial charge on any atom is 0.331 e. The number of aliphatic hydroxyl groups excluding tert-OH is 1. The summed E-state index contributed by atoms with van der Waals surface area (Å²) in [5, 5.41) is 8.99. The molecule has 0 aromatic carbocycles. The molecule has 4 N–H and O–H groups in total. The largest absolute Gasteiger partial charge is 0.396 e. The summed E-state index contributed by atoms with van der Waals surface area (Å²) in [6.45, 7) is 3.53. The average Bonchev–Trinajstić information content (AvgIpc) is 2.15. The predicted molar refractivity (Wildman–Crippen MR) is 48.6 cm³/mol. The van der Waals surface area contributed by atoms with Crippen LogP contribution in [0.2, 0.25) is 0 Å². The fourth-order valence-corrected chi connectivity index (χ4v) is 1.87. The topological polar surface area (TPSA) is 78.6 Å². The molecule has 2 atom stereocenters. The van der Waals surface area contributed by atoms with Crippen molar-refractivity contribution in [2.75, 3.05) is 19.7 Å². The molecule has 0 aromatic rings. The number of urea groups is 1. The molecule has 1 fully saturated rings. The van der Waals surface area contributed by atoms with Gasteiger partial charge < -0.3 is 10.0 Å². The van der Waals surface area contributed by atoms with E-state index < -0.39 is 0 Å². The van der Waals surface area contributed by atoms with Crippen molar-refractivity contribution in [3.8, 4) is 0 Å². The lowest BCUT2D eigenvalue weighted by Gasteiger charge is -2.35. The maximum atomic E-state index is 11.2. The van der Waals surface area contributed by atoms with Gasteiger partial charge in [0.05, 0.1) is 0 Å². The van der Waals surface area contributed by atoms with Gasteiger partial charge in [0.25, 0.3) is 0 Å². The Hall–Kier alpha value is -0.810. The summed E-state index contributed by atoms with van der Waals surface area (Å²) in [7, 11) is 0. The van der Waals surface area contributed by atoms with Crippen LogP contribution in [0.1, 0.15) is 13.3 Å². The normalized spacial score (nSPS) is 28.7. The van der Waals surface area contributed by atoms with Gasteiger partial charge in [-0.2, -0.15) is 0 Å². The van der Waals surface area contributed by atoms with Crippen molar-refractivity contribution in [2.45, 2.75) is 13.3 Å². The first-order valence-corrected chi connectivity index (χ1v) is 4.53. The van der Waals surface area contributed by atoms with Gasteiger partial charge >= 0.3 is 6.03 Å². The average molecular weight is 187 g/mol. The van der Waals surface area contributed by atoms with Crippen molar-refractivity contribution in [1.82, 2.24) is 10.3 Å². The zero-order valence-corrected chi connectivity index (χ0v) is 7.86. The standard InChI is InChI=1S/C8H17N3O2/c1-6-2-7(5-12)4-11(3-6)8(13)10-9/h6-7,12H,2-5,9H2,1H3,(H,10,13). The van der Waals surface area contributed by atoms with Crippen molar-refractivity contribution >= 4 is 6.03 Å². The number of likely N-dealkylation sites (tertiary alicyclic amines) is 1. The SMILES string of the molecule is CC1CC(CO)CN(C(=O)NN)C1. The number of nitrogens with one attached hydrogen (secondary N) is 1. The summed E-state index contributed by atoms with van der Waals surface area (Å²) < 4.78 is 0. The summed E-state index contributed by atoms with van der Waals surface area (Å²) in [5.41, 5.74) is 2.11. The molecular weight excluding hydrogens is 170 g/mol. The van der Waals surface area contributed by atoms with E-state index in [0.29, 0.717) is 12.5 Å². The van der Waals surface area contributed by atoms with Crippen LogP contribution >= 0.6 is 0 Å². The van der Waals surface area contributed by atoms with E-state index in [1.807, 2.05) is 0 Å². The van der Waals surface area contributed by atoms with Crippen LogP contribution in [0.15, 0.2) is 0 Å². The highest BCUT2D eigenvalue weighted by Gasteiger charge is 2.26. The van der Waals surface area contributed by atoms with Crippen molar-refractivity contribution < 1.29 is 9.90 Å². The van der Waals surface area contributed by atoms with Gasteiger partial charge in [0.1, 0.15) is 0 Å². The number of rotatable bonds is 1. The van der Waals surface area contributed by atoms with Crippen LogP contribution in [0.4, 0.5) is 4.79 Å². The molecule has 5 heteroatoms. The Bertz CT molecular complexity index is 186. The first-order valence-electron chi connectivity index (χ1n) is 4.53. The fraction of sp³-hybridized carbons (Fsp3) is 0.875. The number of hydrogen-bond acceptors (Lipinski definition) is 3. The van der Waals surface area contributed by atoms with Gasteiger partial charge in [-0.1, -0.05) is 6.92 Å². The van der Waals surface area contributed by atoms with E-state index in [-0.39, 0.29) is 18.6 Å². The smallest absolute Gasteiger partial charge is 0.331 e. The Morgan fingerprint density at radius 2 is 2.38 bits per heavy atom. The minimum Gasteiger partial charge on any atom is -0.396 e. The van der Waals surface area contributed by atoms with Gasteiger partial charge in [-0.25, -0.2) is 10.6 Å². The molecule has 2 unspecified atom stereocenters. The third kappa shape index (κ3) is 2.57. The molecule has 0 saturated carbocycles. The van der Waals surface area contributed by atoms with Gasteiger partial charge in [-0.05, 0) is 18.3 Å². The molecule has 0 aliphatic carbocycles. The number of hydrazine groups is 1. The van der Waals surface area contributed by atoms with Crippen LogP contribution < -0.4 is 11.3 Å². The predicted octanol–water partition coefficient (Wildman–Crippen LogP) is -0.480. The van der Waals surface area contributed by atoms with Crippen molar-refractivity contribution in [3.05, 3.63) is 0 Å². The molecule has 2 amide bonds. The van der Waals surface area contributed by atoms with Crippen molar-refractivity contribution in [2.24, 2.45) is 17.7 Å². The highest BCUT2D eigenvalue weighted by molar-refractivity contribution is 5.73. The zero-order chi connectivity index (χ0) is 9.84. The zero-order valence-electron chi connectivity index (χ0n) is 7.86. The second-order valence-corrected chi connectivity index (χ2v) is 3.74. The summed E-state index contributed by atoms with van der Waals surface area (Å²) in [4.78, 5) is 12.8. The Labute approximate surface area is 77.9 Å². The number of nitrogens with two attached hydrogens (primary N) is 1. The molecule has 0 aromatic heterocycles. The molecule has 1 aliphatic rings. The van der Waals surface area contributed by atoms with Crippen molar-refractivity contribution in [3.63, 3.8) is 0 Å². The second kappa shape index (κ2) is 4.43. The molecule has 0 spiro atoms. The third-order valence-electron chi connectivity index (χ3n) is 2.42. The van der Waals surface area contributed by atoms with Gasteiger partial charge in [0, 0.05) is 19.7 Å². The quantitative estimate of drug-likeness (QED) is 0.295. The van der Waals surface area contributed by atoms with E-state index in [0.717, 1.165) is 13.0 Å². The maximum absolute atomic E-state index is 11.2. The number of hydrogen-bond donors (Lipinski definition) is 3. The molecule has 1 rings (SSSR count). The van der Waals surface area contributed by atoms with E-state index in [9.17, 15) is 4.79 Å². The Morgan fingerprint density at radius 1 is 1.69 bits per heavy atom. The number of carbonyl (C=O) groups excluding carboxylic acids is 1. The number of piperidine rings is 1. The lowest BCUT2D eigenvalue weighted by atomic mass is 9.91. The lowest BCUT2D eigenvalue weighted by Crippen LogP contribution is -2.50. The van der Waals surface area contributed by atoms with Crippen LogP contribution in [0.3, 0.4) is 0 Å². The lowest BCUT2D eigenvalue weighted by molar-refractivity contribution is 0.105. The Morgan fingerprint density at radius 3 is 2.92 bits per heavy atom. The fourth-order valence-electron chi connectivity index (χ4n) is 1.87. The highest BCUT2D eigenvalue weighted by atomic mass is 16.3. The highest BCUT2D eigenvalue weighted by Crippen LogP contribution is 2.20. The molecule has 1 saturated heterocycles. The van der Waals surface area contributed by atoms with Gasteiger partial charge in [0.15, 0.2) is 0 Å². The van der Waals surface area contributed by atoms with Gasteiger partial charge in [0.2, 0.25) is 0 Å². The number of nitrogens with zero attached hydrogens (tertiary/aromatic N) is 1. The first-order chi connectivity index (χ1) is 6.17. The summed E-state index contributed by atoms with van der Waals surface area (Å²) in [6.07, 6.45) is 0.977. The third-order valence-corrected chi connectivity index (χ3v) is 2.42. The summed E-state index contributed by atoms with van der Waals surface area (Å²) in [6, 6.07) is -0.259. The molecule has 13 heavy (non-hydrogen) atoms. The van der Waals surface area contributed by atoms with E-state index >= 15 is 0 Å². The van der Waals surface area contributed by atoms with E-state index in [1.54, 1.807) is 4.90 Å². The molecule has 76 valence electrons. The van der Waals surface area contributed by atoms with Crippen LogP contribution in [-0.4, -0.2) is 35.7 Å². The molecule has 0 radical (unpaired) electrons. The molecule has 1 aliphatic heterocycles. The van der Waals surface area contributed by atoms with Crippen LogP contribution in [-0.2, 0) is 0 Å². The van der Waals surface area contributed by atoms with Gasteiger partial charge in [-0.3, -0.25) is 5.43 Å². The molecule has 5 nitrogen and oxygen atoms in total. The Kier molecular flexibility index (Phi) is 3.50. The minimum atomic E-state index is -0.259. The van der Waals surface area contributed by atoms with E-state index in [1.165, 1.54) is 0 Å². The van der Waals surface area contributed by atoms with E-state index in [4.69, 9.17) is 10.9 Å². The minimum absolute atomic E-state index is 0.138. The summed E-state index contributed by atoms with van der Waals surface area (Å²) >= 11 is 0. The van der Waals surface area contributed by atoms with Crippen LogP contribution in [0.5, 0.6) is 0 Å². The Balaban J connectivity index is 2.51. The molecular formula is C8H17N3O2. The first kappa shape index (κ1) is 10.3. The number of amides is 2.